The van der Waals surface area contributed by atoms with Gasteiger partial charge >= 0.3 is 5.97 Å². The number of methoxy groups -OCH3 is 1. The van der Waals surface area contributed by atoms with Gasteiger partial charge in [-0.1, -0.05) is 0 Å². The Morgan fingerprint density at radius 2 is 2.56 bits per heavy atom. The van der Waals surface area contributed by atoms with Gasteiger partial charge in [-0.3, -0.25) is 4.79 Å². The van der Waals surface area contributed by atoms with Crippen molar-refractivity contribution < 1.29 is 9.53 Å². The van der Waals surface area contributed by atoms with Crippen molar-refractivity contribution in [3.8, 4) is 0 Å². The van der Waals surface area contributed by atoms with Crippen LogP contribution in [-0.2, 0) is 9.53 Å². The van der Waals surface area contributed by atoms with Crippen LogP contribution >= 0.6 is 12.2 Å². The molecule has 50 valence electrons. The van der Waals surface area contributed by atoms with E-state index in [1.165, 1.54) is 7.11 Å². The maximum atomic E-state index is 10.3. The van der Waals surface area contributed by atoms with Gasteiger partial charge in [-0.2, -0.15) is 0 Å². The van der Waals surface area contributed by atoms with Crippen LogP contribution in [0.15, 0.2) is 4.99 Å². The zero-order valence-electron chi connectivity index (χ0n) is 5.09. The molecule has 0 N–H and O–H groups in total. The van der Waals surface area contributed by atoms with Crippen molar-refractivity contribution in [2.75, 3.05) is 13.7 Å². The molecule has 0 aromatic carbocycles. The Morgan fingerprint density at radius 1 is 1.89 bits per heavy atom. The molecule has 0 aromatic heterocycles. The smallest absolute Gasteiger partial charge is 0.307 e. The molecule has 9 heavy (non-hydrogen) atoms. The number of isothiocyanates is 1. The minimum absolute atomic E-state index is 0.274. The first-order valence-electron chi connectivity index (χ1n) is 2.41. The zero-order valence-corrected chi connectivity index (χ0v) is 5.90. The lowest BCUT2D eigenvalue weighted by Crippen LogP contribution is -2.01. The van der Waals surface area contributed by atoms with Gasteiger partial charge in [0.15, 0.2) is 0 Å². The summed E-state index contributed by atoms with van der Waals surface area (Å²) in [6.07, 6.45) is 0.278. The van der Waals surface area contributed by atoms with Crippen LogP contribution in [0.2, 0.25) is 0 Å². The molecule has 0 bridgehead atoms. The molecular formula is C5H7NO2S. The first-order chi connectivity index (χ1) is 4.31. The number of carbonyl (C=O) groups excluding carboxylic acids is 1. The van der Waals surface area contributed by atoms with Crippen LogP contribution in [-0.4, -0.2) is 24.8 Å². The van der Waals surface area contributed by atoms with Crippen LogP contribution in [0, 0.1) is 0 Å². The fraction of sp³-hybridized carbons (Fsp3) is 0.600. The summed E-state index contributed by atoms with van der Waals surface area (Å²) < 4.78 is 4.34. The molecular weight excluding hydrogens is 138 g/mol. The Kier molecular flexibility index (Phi) is 4.97. The topological polar surface area (TPSA) is 38.7 Å². The minimum atomic E-state index is -0.274. The van der Waals surface area contributed by atoms with Gasteiger partial charge in [0.2, 0.25) is 0 Å². The van der Waals surface area contributed by atoms with E-state index in [9.17, 15) is 4.79 Å². The van der Waals surface area contributed by atoms with Crippen molar-refractivity contribution in [1.29, 1.82) is 0 Å². The second-order valence-corrected chi connectivity index (χ2v) is 1.48. The number of thiocarbonyl (C=S) groups is 1. The average molecular weight is 145 g/mol. The summed E-state index contributed by atoms with van der Waals surface area (Å²) in [7, 11) is 1.34. The van der Waals surface area contributed by atoms with Crippen molar-refractivity contribution in [2.45, 2.75) is 6.42 Å². The van der Waals surface area contributed by atoms with Gasteiger partial charge < -0.3 is 4.74 Å². The Morgan fingerprint density at radius 3 is 3.00 bits per heavy atom. The first kappa shape index (κ1) is 8.27. The van der Waals surface area contributed by atoms with Crippen LogP contribution in [0.3, 0.4) is 0 Å². The Bertz CT molecular complexity index is 140. The van der Waals surface area contributed by atoms with E-state index in [2.05, 4.69) is 27.1 Å². The molecule has 0 aliphatic carbocycles. The van der Waals surface area contributed by atoms with E-state index in [0.29, 0.717) is 6.54 Å². The number of hydrogen-bond acceptors (Lipinski definition) is 4. The largest absolute Gasteiger partial charge is 0.469 e. The molecule has 0 fully saturated rings. The van der Waals surface area contributed by atoms with E-state index in [1.807, 2.05) is 0 Å². The summed E-state index contributed by atoms with van der Waals surface area (Å²) in [5.74, 6) is -0.274. The highest BCUT2D eigenvalue weighted by Gasteiger charge is 1.95. The quantitative estimate of drug-likeness (QED) is 0.332. The Labute approximate surface area is 58.7 Å². The SMILES string of the molecule is COC(=O)CCN=C=S. The molecule has 0 radical (unpaired) electrons. The second kappa shape index (κ2) is 5.41. The van der Waals surface area contributed by atoms with Crippen LogP contribution in [0.4, 0.5) is 0 Å². The monoisotopic (exact) mass is 145 g/mol. The molecule has 0 amide bonds. The lowest BCUT2D eigenvalue weighted by Gasteiger charge is -1.91. The number of ether oxygens (including phenoxy) is 1. The van der Waals surface area contributed by atoms with Crippen molar-refractivity contribution in [1.82, 2.24) is 0 Å². The van der Waals surface area contributed by atoms with E-state index in [0.717, 1.165) is 0 Å². The van der Waals surface area contributed by atoms with Crippen LogP contribution in [0.1, 0.15) is 6.42 Å². The number of hydrogen-bond donors (Lipinski definition) is 0. The molecule has 0 saturated heterocycles. The molecule has 0 atom stereocenters. The fourth-order valence-corrected chi connectivity index (χ4v) is 0.386. The molecule has 4 heteroatoms. The van der Waals surface area contributed by atoms with Gasteiger partial charge in [-0.05, 0) is 12.2 Å². The van der Waals surface area contributed by atoms with E-state index < -0.39 is 0 Å². The molecule has 0 spiro atoms. The van der Waals surface area contributed by atoms with Gasteiger partial charge in [0.05, 0.1) is 25.2 Å². The molecule has 0 rings (SSSR count). The maximum absolute atomic E-state index is 10.3. The van der Waals surface area contributed by atoms with Crippen molar-refractivity contribution in [3.63, 3.8) is 0 Å². The highest BCUT2D eigenvalue weighted by Crippen LogP contribution is 1.82. The number of rotatable bonds is 3. The number of aliphatic imine (C=N–C) groups is 1. The van der Waals surface area contributed by atoms with E-state index in [4.69, 9.17) is 0 Å². The molecule has 0 aromatic rings. The first-order valence-corrected chi connectivity index (χ1v) is 2.82. The summed E-state index contributed by atoms with van der Waals surface area (Å²) in [5, 5.41) is 2.15. The van der Waals surface area contributed by atoms with E-state index in [-0.39, 0.29) is 12.4 Å². The van der Waals surface area contributed by atoms with Crippen molar-refractivity contribution >= 4 is 23.3 Å². The number of carbonyl (C=O) groups is 1. The van der Waals surface area contributed by atoms with Gasteiger partial charge in [-0.25, -0.2) is 4.99 Å². The molecule has 0 unspecified atom stereocenters. The fourth-order valence-electron chi connectivity index (χ4n) is 0.295. The van der Waals surface area contributed by atoms with Gasteiger partial charge in [-0.15, -0.1) is 0 Å². The van der Waals surface area contributed by atoms with Gasteiger partial charge in [0.25, 0.3) is 0 Å². The third-order valence-corrected chi connectivity index (χ3v) is 0.849. The Hall–Kier alpha value is -0.730. The lowest BCUT2D eigenvalue weighted by molar-refractivity contribution is -0.140. The molecule has 0 aliphatic rings. The second-order valence-electron chi connectivity index (χ2n) is 1.30. The summed E-state index contributed by atoms with van der Waals surface area (Å²) in [6, 6.07) is 0. The standard InChI is InChI=1S/C5H7NO2S/c1-8-5(7)2-3-6-4-9/h2-3H2,1H3. The summed E-state index contributed by atoms with van der Waals surface area (Å²) >= 11 is 4.27. The lowest BCUT2D eigenvalue weighted by atomic mass is 10.4. The van der Waals surface area contributed by atoms with Crippen LogP contribution < -0.4 is 0 Å². The van der Waals surface area contributed by atoms with E-state index in [1.54, 1.807) is 0 Å². The van der Waals surface area contributed by atoms with Crippen LogP contribution in [0.25, 0.3) is 0 Å². The minimum Gasteiger partial charge on any atom is -0.469 e. The van der Waals surface area contributed by atoms with Gasteiger partial charge in [0.1, 0.15) is 0 Å². The van der Waals surface area contributed by atoms with Gasteiger partial charge in [0, 0.05) is 0 Å². The summed E-state index contributed by atoms with van der Waals surface area (Å²) in [5.41, 5.74) is 0. The van der Waals surface area contributed by atoms with Crippen molar-refractivity contribution in [3.05, 3.63) is 0 Å². The summed E-state index contributed by atoms with van der Waals surface area (Å²) in [4.78, 5) is 13.9. The van der Waals surface area contributed by atoms with Crippen molar-refractivity contribution in [2.24, 2.45) is 4.99 Å². The molecule has 3 nitrogen and oxygen atoms in total. The molecule has 0 aliphatic heterocycles. The normalized spacial score (nSPS) is 7.67. The molecule has 0 heterocycles. The average Bonchev–Trinajstić information content (AvgIpc) is 1.89. The highest BCUT2D eigenvalue weighted by molar-refractivity contribution is 7.78. The summed E-state index contributed by atoms with van der Waals surface area (Å²) in [6.45, 7) is 0.371. The van der Waals surface area contributed by atoms with E-state index >= 15 is 0 Å². The Balaban J connectivity index is 3.27. The predicted octanol–water partition coefficient (Wildman–Crippen LogP) is 0.652. The highest BCUT2D eigenvalue weighted by atomic mass is 32.1. The zero-order chi connectivity index (χ0) is 7.11. The number of esters is 1. The predicted molar refractivity (Wildman–Crippen MR) is 36.5 cm³/mol. The van der Waals surface area contributed by atoms with Crippen LogP contribution in [0.5, 0.6) is 0 Å². The third kappa shape index (κ3) is 5.14. The maximum Gasteiger partial charge on any atom is 0.307 e. The number of nitrogens with zero attached hydrogens (tertiary/aromatic N) is 1. The third-order valence-electron chi connectivity index (χ3n) is 0.720. The molecule has 0 saturated carbocycles.